The molecule has 0 radical (unpaired) electrons. The van der Waals surface area contributed by atoms with E-state index in [-0.39, 0.29) is 6.10 Å². The van der Waals surface area contributed by atoms with Crippen LogP contribution in [0.1, 0.15) is 30.3 Å². The van der Waals surface area contributed by atoms with Crippen molar-refractivity contribution in [1.82, 2.24) is 14.9 Å². The quantitative estimate of drug-likeness (QED) is 0.588. The maximum absolute atomic E-state index is 5.69. The van der Waals surface area contributed by atoms with Gasteiger partial charge in [0.05, 0.1) is 6.21 Å². The summed E-state index contributed by atoms with van der Waals surface area (Å²) >= 11 is 5.30. The summed E-state index contributed by atoms with van der Waals surface area (Å²) < 4.78 is 7.83. The smallest absolute Gasteiger partial charge is 0.216 e. The highest BCUT2D eigenvalue weighted by atomic mass is 32.1. The number of fused-ring (bicyclic) bond motifs is 1. The van der Waals surface area contributed by atoms with E-state index >= 15 is 0 Å². The van der Waals surface area contributed by atoms with Crippen molar-refractivity contribution in [3.05, 3.63) is 58.6 Å². The fourth-order valence-electron chi connectivity index (χ4n) is 2.89. The first-order valence-corrected chi connectivity index (χ1v) is 8.05. The molecule has 2 aromatic carbocycles. The van der Waals surface area contributed by atoms with Gasteiger partial charge >= 0.3 is 0 Å². The van der Waals surface area contributed by atoms with E-state index in [2.05, 4.69) is 33.5 Å². The van der Waals surface area contributed by atoms with E-state index in [1.807, 2.05) is 30.5 Å². The van der Waals surface area contributed by atoms with E-state index in [1.54, 1.807) is 4.68 Å². The molecule has 1 aromatic heterocycles. The summed E-state index contributed by atoms with van der Waals surface area (Å²) in [5.74, 6) is 0.740. The predicted molar refractivity (Wildman–Crippen MR) is 92.3 cm³/mol. The summed E-state index contributed by atoms with van der Waals surface area (Å²) in [6.07, 6.45) is 3.78. The first kappa shape index (κ1) is 14.3. The zero-order valence-corrected chi connectivity index (χ0v) is 13.3. The molecule has 0 bridgehead atoms. The van der Waals surface area contributed by atoms with Gasteiger partial charge in [-0.25, -0.2) is 0 Å². The lowest BCUT2D eigenvalue weighted by Gasteiger charge is -2.07. The molecule has 1 fully saturated rings. The lowest BCUT2D eigenvalue weighted by Crippen LogP contribution is -2.05. The fraction of sp³-hybridized carbons (Fsp3) is 0.235. The molecule has 1 atom stereocenters. The van der Waals surface area contributed by atoms with Crippen LogP contribution in [0.2, 0.25) is 0 Å². The van der Waals surface area contributed by atoms with Gasteiger partial charge in [-0.05, 0) is 35.8 Å². The molecule has 3 aromatic rings. The van der Waals surface area contributed by atoms with E-state index in [1.165, 1.54) is 5.39 Å². The standard InChI is InChI=1S/C17H16N4OS/c23-17-20-19-16(15-9-4-10-22-15)21(17)18-11-13-7-3-6-12-5-1-2-8-14(12)13/h1-3,5-8,11,15H,4,9-10H2,(H,20,23)/b18-11-/t15-/m0/s1. The number of nitrogens with zero attached hydrogens (tertiary/aromatic N) is 3. The molecule has 5 nitrogen and oxygen atoms in total. The average Bonchev–Trinajstić information content (AvgIpc) is 3.22. The molecule has 1 aliphatic heterocycles. The van der Waals surface area contributed by atoms with Gasteiger partial charge in [0.25, 0.3) is 0 Å². The van der Waals surface area contributed by atoms with Crippen molar-refractivity contribution in [2.24, 2.45) is 5.10 Å². The Hall–Kier alpha value is -2.31. The highest BCUT2D eigenvalue weighted by Crippen LogP contribution is 2.27. The van der Waals surface area contributed by atoms with Crippen LogP contribution < -0.4 is 0 Å². The summed E-state index contributed by atoms with van der Waals surface area (Å²) in [5.41, 5.74) is 1.05. The molecule has 23 heavy (non-hydrogen) atoms. The van der Waals surface area contributed by atoms with E-state index in [0.717, 1.165) is 36.2 Å². The van der Waals surface area contributed by atoms with Gasteiger partial charge in [0.2, 0.25) is 4.77 Å². The topological polar surface area (TPSA) is 55.2 Å². The number of rotatable bonds is 3. The van der Waals surface area contributed by atoms with Crippen molar-refractivity contribution < 1.29 is 4.74 Å². The second kappa shape index (κ2) is 6.06. The number of nitrogens with one attached hydrogen (secondary N) is 1. The third-order valence-corrected chi connectivity index (χ3v) is 4.29. The van der Waals surface area contributed by atoms with Gasteiger partial charge in [0, 0.05) is 12.2 Å². The highest BCUT2D eigenvalue weighted by Gasteiger charge is 2.23. The van der Waals surface area contributed by atoms with E-state index in [0.29, 0.717) is 4.77 Å². The Morgan fingerprint density at radius 3 is 3.00 bits per heavy atom. The third kappa shape index (κ3) is 2.71. The molecule has 0 amide bonds. The zero-order chi connectivity index (χ0) is 15.6. The van der Waals surface area contributed by atoms with Gasteiger partial charge in [0.1, 0.15) is 6.10 Å². The minimum absolute atomic E-state index is 0.0346. The number of hydrogen-bond donors (Lipinski definition) is 1. The largest absolute Gasteiger partial charge is 0.370 e. The normalized spacial score (nSPS) is 18.2. The minimum atomic E-state index is -0.0346. The SMILES string of the molecule is S=c1[nH]nc([C@@H]2CCCO2)n1/N=C\c1cccc2ccccc12. The Labute approximate surface area is 138 Å². The van der Waals surface area contributed by atoms with Crippen molar-refractivity contribution in [3.8, 4) is 0 Å². The molecule has 116 valence electrons. The molecule has 6 heteroatoms. The molecule has 0 spiro atoms. The van der Waals surface area contributed by atoms with Crippen LogP contribution in [0.15, 0.2) is 47.6 Å². The lowest BCUT2D eigenvalue weighted by molar-refractivity contribution is 0.102. The molecular weight excluding hydrogens is 308 g/mol. The average molecular weight is 324 g/mol. The first-order chi connectivity index (χ1) is 11.3. The Kier molecular flexibility index (Phi) is 3.77. The zero-order valence-electron chi connectivity index (χ0n) is 12.5. The van der Waals surface area contributed by atoms with Crippen molar-refractivity contribution in [2.75, 3.05) is 6.61 Å². The van der Waals surface area contributed by atoms with Gasteiger partial charge in [-0.15, -0.1) is 0 Å². The van der Waals surface area contributed by atoms with Crippen LogP contribution in [0.5, 0.6) is 0 Å². The molecule has 0 saturated carbocycles. The molecule has 0 unspecified atom stereocenters. The summed E-state index contributed by atoms with van der Waals surface area (Å²) in [5, 5.41) is 14.0. The van der Waals surface area contributed by atoms with Crippen LogP contribution in [-0.4, -0.2) is 27.7 Å². The molecular formula is C17H16N4OS. The molecule has 1 saturated heterocycles. The minimum Gasteiger partial charge on any atom is -0.370 e. The summed E-state index contributed by atoms with van der Waals surface area (Å²) in [4.78, 5) is 0. The summed E-state index contributed by atoms with van der Waals surface area (Å²) in [6, 6.07) is 14.4. The maximum atomic E-state index is 5.69. The van der Waals surface area contributed by atoms with Crippen molar-refractivity contribution >= 4 is 29.2 Å². The van der Waals surface area contributed by atoms with Crippen molar-refractivity contribution in [3.63, 3.8) is 0 Å². The van der Waals surface area contributed by atoms with Crippen LogP contribution >= 0.6 is 12.2 Å². The van der Waals surface area contributed by atoms with E-state index < -0.39 is 0 Å². The van der Waals surface area contributed by atoms with Crippen LogP contribution in [-0.2, 0) is 4.74 Å². The van der Waals surface area contributed by atoms with Crippen LogP contribution in [0, 0.1) is 4.77 Å². The second-order valence-corrected chi connectivity index (χ2v) is 5.90. The number of ether oxygens (including phenoxy) is 1. The fourth-order valence-corrected chi connectivity index (χ4v) is 3.07. The van der Waals surface area contributed by atoms with Crippen LogP contribution in [0.3, 0.4) is 0 Å². The van der Waals surface area contributed by atoms with Crippen molar-refractivity contribution in [2.45, 2.75) is 18.9 Å². The van der Waals surface area contributed by atoms with E-state index in [4.69, 9.17) is 17.0 Å². The number of aromatic amines is 1. The molecule has 1 aliphatic rings. The van der Waals surface area contributed by atoms with E-state index in [9.17, 15) is 0 Å². The molecule has 1 N–H and O–H groups in total. The number of H-pyrrole nitrogens is 1. The first-order valence-electron chi connectivity index (χ1n) is 7.64. The van der Waals surface area contributed by atoms with Crippen molar-refractivity contribution in [1.29, 1.82) is 0 Å². The third-order valence-electron chi connectivity index (χ3n) is 4.03. The van der Waals surface area contributed by atoms with Gasteiger partial charge in [-0.3, -0.25) is 5.10 Å². The van der Waals surface area contributed by atoms with Gasteiger partial charge < -0.3 is 4.74 Å². The second-order valence-electron chi connectivity index (χ2n) is 5.51. The Bertz CT molecular complexity index is 916. The summed E-state index contributed by atoms with van der Waals surface area (Å²) in [6.45, 7) is 0.761. The van der Waals surface area contributed by atoms with Crippen LogP contribution in [0.4, 0.5) is 0 Å². The number of hydrogen-bond acceptors (Lipinski definition) is 4. The predicted octanol–water partition coefficient (Wildman–Crippen LogP) is 3.83. The lowest BCUT2D eigenvalue weighted by atomic mass is 10.1. The molecule has 4 rings (SSSR count). The monoisotopic (exact) mass is 324 g/mol. The summed E-state index contributed by atoms with van der Waals surface area (Å²) in [7, 11) is 0. The molecule has 2 heterocycles. The van der Waals surface area contributed by atoms with Gasteiger partial charge in [-0.1, -0.05) is 42.5 Å². The van der Waals surface area contributed by atoms with Gasteiger partial charge in [0.15, 0.2) is 5.82 Å². The van der Waals surface area contributed by atoms with Gasteiger partial charge in [-0.2, -0.15) is 14.9 Å². The van der Waals surface area contributed by atoms with Crippen LogP contribution in [0.25, 0.3) is 10.8 Å². The Morgan fingerprint density at radius 1 is 1.26 bits per heavy atom. The number of benzene rings is 2. The number of aromatic nitrogens is 3. The maximum Gasteiger partial charge on any atom is 0.216 e. The molecule has 0 aliphatic carbocycles. The Balaban J connectivity index is 1.74. The Morgan fingerprint density at radius 2 is 2.13 bits per heavy atom. The highest BCUT2D eigenvalue weighted by molar-refractivity contribution is 7.71.